The number of rotatable bonds is 5. The number of nitrogens with two attached hydrogens (primary N) is 1. The summed E-state index contributed by atoms with van der Waals surface area (Å²) >= 11 is 11.8. The van der Waals surface area contributed by atoms with Gasteiger partial charge in [-0.2, -0.15) is 0 Å². The number of amides is 2. The van der Waals surface area contributed by atoms with Gasteiger partial charge in [-0.3, -0.25) is 24.0 Å². The number of fused-ring (bicyclic) bond motifs is 3. The molecular formula is C42H48Cl2N6O5. The molecule has 11 nitrogen and oxygen atoms in total. The van der Waals surface area contributed by atoms with Crippen LogP contribution in [0.4, 0.5) is 11.4 Å². The fraction of sp³-hybridized carbons (Fsp3) is 0.429. The van der Waals surface area contributed by atoms with Crippen LogP contribution in [-0.4, -0.2) is 96.3 Å². The van der Waals surface area contributed by atoms with Crippen molar-refractivity contribution in [3.05, 3.63) is 75.8 Å². The molecule has 1 aromatic heterocycles. The van der Waals surface area contributed by atoms with Crippen molar-refractivity contribution in [1.29, 1.82) is 0 Å². The number of carbonyl (C=O) groups is 5. The first-order valence-corrected chi connectivity index (χ1v) is 20.1. The van der Waals surface area contributed by atoms with Gasteiger partial charge in [0.1, 0.15) is 11.6 Å². The zero-order valence-electron chi connectivity index (χ0n) is 31.1. The predicted molar refractivity (Wildman–Crippen MR) is 218 cm³/mol. The highest BCUT2D eigenvalue weighted by Crippen LogP contribution is 2.40. The molecule has 5 aliphatic rings. The number of likely N-dealkylation sites (tertiary alicyclic amines) is 2. The van der Waals surface area contributed by atoms with E-state index >= 15 is 0 Å². The molecule has 0 radical (unpaired) electrons. The highest BCUT2D eigenvalue weighted by molar-refractivity contribution is 6.52. The van der Waals surface area contributed by atoms with Crippen LogP contribution in [0.5, 0.6) is 0 Å². The summed E-state index contributed by atoms with van der Waals surface area (Å²) in [4.78, 5) is 67.7. The van der Waals surface area contributed by atoms with Crippen molar-refractivity contribution >= 4 is 85.5 Å². The summed E-state index contributed by atoms with van der Waals surface area (Å²) < 4.78 is 0. The molecule has 1 saturated carbocycles. The Kier molecular flexibility index (Phi) is 14.0. The number of halogens is 2. The van der Waals surface area contributed by atoms with Crippen LogP contribution in [0.3, 0.4) is 0 Å². The van der Waals surface area contributed by atoms with Crippen LogP contribution in [0.1, 0.15) is 84.9 Å². The second-order valence-corrected chi connectivity index (χ2v) is 15.3. The van der Waals surface area contributed by atoms with Gasteiger partial charge in [0, 0.05) is 59.8 Å². The average molecular weight is 788 g/mol. The maximum Gasteiger partial charge on any atom is 0.296 e. The molecule has 4 aliphatic heterocycles. The molecule has 0 unspecified atom stereocenters. The Hall–Kier alpha value is -4.26. The van der Waals surface area contributed by atoms with Crippen LogP contribution < -0.4 is 16.0 Å². The van der Waals surface area contributed by atoms with Gasteiger partial charge in [0.2, 0.25) is 0 Å². The van der Waals surface area contributed by atoms with Gasteiger partial charge < -0.3 is 25.8 Å². The molecule has 3 aromatic carbocycles. The van der Waals surface area contributed by atoms with E-state index in [1.807, 2.05) is 41.3 Å². The first kappa shape index (κ1) is 40.4. The van der Waals surface area contributed by atoms with Crippen molar-refractivity contribution in [3.63, 3.8) is 0 Å². The summed E-state index contributed by atoms with van der Waals surface area (Å²) in [5, 5.41) is 5.33. The SMILES string of the molecule is NCCN1CCCCC1.O=C1CCCC(=O)C1.O=C1Nc2ccc(Cl)cc2C1=O.O=C1c2c3cc(Cl)ccc3nc3cccc(c23)N1CCN1CCCCC1. The summed E-state index contributed by atoms with van der Waals surface area (Å²) in [5.41, 5.74) is 9.74. The molecule has 1 aliphatic carbocycles. The number of hydrogen-bond donors (Lipinski definition) is 2. The summed E-state index contributed by atoms with van der Waals surface area (Å²) in [6, 6.07) is 16.3. The molecule has 13 heteroatoms. The third kappa shape index (κ3) is 10.1. The Morgan fingerprint density at radius 1 is 0.691 bits per heavy atom. The zero-order valence-corrected chi connectivity index (χ0v) is 32.6. The van der Waals surface area contributed by atoms with Gasteiger partial charge in [0.05, 0.1) is 40.0 Å². The number of carbonyl (C=O) groups excluding carboxylic acids is 5. The lowest BCUT2D eigenvalue weighted by Crippen LogP contribution is -2.39. The van der Waals surface area contributed by atoms with E-state index in [-0.39, 0.29) is 23.9 Å². The number of nitrogens with zero attached hydrogens (tertiary/aromatic N) is 4. The monoisotopic (exact) mass is 786 g/mol. The van der Waals surface area contributed by atoms with Crippen molar-refractivity contribution in [1.82, 2.24) is 14.8 Å². The fourth-order valence-electron chi connectivity index (χ4n) is 7.65. The van der Waals surface area contributed by atoms with Crippen molar-refractivity contribution in [2.24, 2.45) is 5.73 Å². The van der Waals surface area contributed by atoms with Crippen LogP contribution in [0.15, 0.2) is 54.6 Å². The molecular weight excluding hydrogens is 739 g/mol. The van der Waals surface area contributed by atoms with E-state index in [2.05, 4.69) is 15.1 Å². The van der Waals surface area contributed by atoms with Crippen LogP contribution in [0.2, 0.25) is 10.0 Å². The van der Waals surface area contributed by atoms with Crippen LogP contribution in [0, 0.1) is 0 Å². The molecule has 3 fully saturated rings. The molecule has 4 aromatic rings. The Labute approximate surface area is 331 Å². The molecule has 2 amide bonds. The summed E-state index contributed by atoms with van der Waals surface area (Å²) in [6.45, 7) is 8.38. The molecule has 0 atom stereocenters. The van der Waals surface area contributed by atoms with Gasteiger partial charge >= 0.3 is 0 Å². The lowest BCUT2D eigenvalue weighted by Gasteiger charge is -2.28. The fourth-order valence-corrected chi connectivity index (χ4v) is 7.99. The number of pyridine rings is 1. The minimum absolute atomic E-state index is 0.0721. The van der Waals surface area contributed by atoms with Crippen LogP contribution >= 0.6 is 23.2 Å². The van der Waals surface area contributed by atoms with E-state index < -0.39 is 11.7 Å². The number of benzene rings is 3. The first-order valence-electron chi connectivity index (χ1n) is 19.3. The largest absolute Gasteiger partial charge is 0.329 e. The average Bonchev–Trinajstić information content (AvgIpc) is 3.64. The number of anilines is 2. The second-order valence-electron chi connectivity index (χ2n) is 14.5. The molecule has 5 heterocycles. The number of nitrogens with one attached hydrogen (secondary N) is 1. The topological polar surface area (TPSA) is 146 Å². The molecule has 290 valence electrons. The minimum atomic E-state index is -0.590. The van der Waals surface area contributed by atoms with Crippen LogP contribution in [0.25, 0.3) is 21.8 Å². The van der Waals surface area contributed by atoms with Gasteiger partial charge in [-0.05, 0) is 107 Å². The Morgan fingerprint density at radius 2 is 1.33 bits per heavy atom. The van der Waals surface area contributed by atoms with E-state index in [9.17, 15) is 24.0 Å². The Balaban J connectivity index is 0.000000146. The van der Waals surface area contributed by atoms with E-state index in [1.165, 1.54) is 57.7 Å². The third-order valence-electron chi connectivity index (χ3n) is 10.5. The Morgan fingerprint density at radius 3 is 1.96 bits per heavy atom. The van der Waals surface area contributed by atoms with Crippen LogP contribution in [-0.2, 0) is 14.4 Å². The maximum absolute atomic E-state index is 13.3. The van der Waals surface area contributed by atoms with Gasteiger partial charge in [0.15, 0.2) is 0 Å². The Bertz CT molecular complexity index is 2060. The van der Waals surface area contributed by atoms with E-state index in [0.29, 0.717) is 40.7 Å². The molecule has 3 N–H and O–H groups in total. The summed E-state index contributed by atoms with van der Waals surface area (Å²) in [7, 11) is 0. The summed E-state index contributed by atoms with van der Waals surface area (Å²) in [5.74, 6) is -0.815. The smallest absolute Gasteiger partial charge is 0.296 e. The van der Waals surface area contributed by atoms with Crippen molar-refractivity contribution < 1.29 is 24.0 Å². The third-order valence-corrected chi connectivity index (χ3v) is 10.9. The molecule has 0 spiro atoms. The van der Waals surface area contributed by atoms with E-state index in [4.69, 9.17) is 33.9 Å². The van der Waals surface area contributed by atoms with Gasteiger partial charge in [-0.25, -0.2) is 4.98 Å². The predicted octanol–water partition coefficient (Wildman–Crippen LogP) is 7.09. The first-order chi connectivity index (χ1) is 26.6. The number of hydrogen-bond acceptors (Lipinski definition) is 9. The molecule has 9 rings (SSSR count). The quantitative estimate of drug-likeness (QED) is 0.123. The standard InChI is InChI=1S/C21H20ClN3O.C8H4ClNO2.C7H16N2.C6H8O2/c22-14-7-8-16-15(13-14)19-20-17(23-16)5-4-6-18(20)25(21(19)26)12-11-24-9-2-1-3-10-24;9-4-1-2-6-5(3-4)7(11)8(12)10-6;8-4-7-9-5-2-1-3-6-9;7-5-2-1-3-6(8)4-5/h4-8,13H,1-3,9-12H2;1-3H,(H,10,11,12);1-8H2;1-4H2. The normalized spacial score (nSPS) is 18.2. The zero-order chi connectivity index (χ0) is 38.9. The van der Waals surface area contributed by atoms with E-state index in [1.54, 1.807) is 12.1 Å². The van der Waals surface area contributed by atoms with Crippen molar-refractivity contribution in [2.75, 3.05) is 62.6 Å². The number of Topliss-reactive ketones (excluding diaryl/α,β-unsaturated/α-hetero) is 3. The summed E-state index contributed by atoms with van der Waals surface area (Å²) in [6.07, 6.45) is 10.2. The number of piperidine rings is 2. The highest BCUT2D eigenvalue weighted by atomic mass is 35.5. The minimum Gasteiger partial charge on any atom is -0.329 e. The molecule has 2 saturated heterocycles. The van der Waals surface area contributed by atoms with Gasteiger partial charge in [-0.1, -0.05) is 42.1 Å². The highest BCUT2D eigenvalue weighted by Gasteiger charge is 2.33. The molecule has 55 heavy (non-hydrogen) atoms. The van der Waals surface area contributed by atoms with E-state index in [0.717, 1.165) is 72.2 Å². The lowest BCUT2D eigenvalue weighted by atomic mass is 9.98. The second kappa shape index (κ2) is 19.1. The maximum atomic E-state index is 13.3. The van der Waals surface area contributed by atoms with Crippen molar-refractivity contribution in [3.8, 4) is 0 Å². The lowest BCUT2D eigenvalue weighted by molar-refractivity contribution is -0.129. The number of aromatic nitrogens is 1. The van der Waals surface area contributed by atoms with Gasteiger partial charge in [-0.15, -0.1) is 0 Å². The molecule has 0 bridgehead atoms. The number of ketones is 3. The van der Waals surface area contributed by atoms with Crippen molar-refractivity contribution in [2.45, 2.75) is 64.2 Å². The van der Waals surface area contributed by atoms with Gasteiger partial charge in [0.25, 0.3) is 17.6 Å².